The second kappa shape index (κ2) is 5.34. The minimum Gasteiger partial charge on any atom is -0.307 e. The van der Waals surface area contributed by atoms with E-state index in [0.29, 0.717) is 6.04 Å². The van der Waals surface area contributed by atoms with Crippen LogP contribution in [0.15, 0.2) is 0 Å². The highest BCUT2D eigenvalue weighted by Crippen LogP contribution is 2.30. The maximum atomic E-state index is 4.16. The quantitative estimate of drug-likeness (QED) is 0.864. The third-order valence-corrected chi connectivity index (χ3v) is 4.43. The molecule has 2 fully saturated rings. The Bertz CT molecular complexity index is 384. The molecular weight excluding hydrogens is 226 g/mol. The summed E-state index contributed by atoms with van der Waals surface area (Å²) in [6.07, 6.45) is 8.07. The fourth-order valence-electron chi connectivity index (χ4n) is 2.90. The summed E-state index contributed by atoms with van der Waals surface area (Å²) in [5.74, 6) is 2.56. The van der Waals surface area contributed by atoms with Crippen LogP contribution in [0.4, 0.5) is 0 Å². The number of aromatic nitrogens is 4. The van der Waals surface area contributed by atoms with Gasteiger partial charge >= 0.3 is 0 Å². The van der Waals surface area contributed by atoms with Crippen molar-refractivity contribution in [1.29, 1.82) is 0 Å². The Balaban J connectivity index is 1.58. The lowest BCUT2D eigenvalue weighted by molar-refractivity contribution is 0.218. The molecule has 18 heavy (non-hydrogen) atoms. The molecule has 1 heterocycles. The third kappa shape index (κ3) is 2.88. The van der Waals surface area contributed by atoms with Crippen LogP contribution >= 0.6 is 0 Å². The highest BCUT2D eigenvalue weighted by molar-refractivity contribution is 4.87. The van der Waals surface area contributed by atoms with Gasteiger partial charge in [0.15, 0.2) is 5.82 Å². The molecule has 0 aromatic carbocycles. The first-order valence-electron chi connectivity index (χ1n) is 7.31. The molecule has 0 saturated heterocycles. The van der Waals surface area contributed by atoms with Crippen LogP contribution in [-0.2, 0) is 13.1 Å². The normalized spacial score (nSPS) is 28.5. The molecule has 2 aliphatic rings. The molecule has 5 nitrogen and oxygen atoms in total. The fraction of sp³-hybridized carbons (Fsp3) is 0.923. The summed E-state index contributed by atoms with van der Waals surface area (Å²) in [6.45, 7) is 4.19. The predicted molar refractivity (Wildman–Crippen MR) is 68.8 cm³/mol. The minimum atomic E-state index is 0.712. The fourth-order valence-corrected chi connectivity index (χ4v) is 2.90. The summed E-state index contributed by atoms with van der Waals surface area (Å²) in [7, 11) is 0. The van der Waals surface area contributed by atoms with E-state index in [2.05, 4.69) is 27.8 Å². The van der Waals surface area contributed by atoms with E-state index in [9.17, 15) is 0 Å². The lowest BCUT2D eigenvalue weighted by atomic mass is 9.80. The van der Waals surface area contributed by atoms with Gasteiger partial charge in [-0.15, -0.1) is 5.10 Å². The van der Waals surface area contributed by atoms with Gasteiger partial charge in [0, 0.05) is 12.6 Å². The lowest BCUT2D eigenvalue weighted by Crippen LogP contribution is -2.25. The van der Waals surface area contributed by atoms with Gasteiger partial charge in [-0.25, -0.2) is 4.68 Å². The standard InChI is InChI=1S/C13H23N5/c1-10-4-2-3-5-11(10)9-18-13(15-16-17-18)8-14-12-6-7-12/h10-12,14H,2-9H2,1H3. The van der Waals surface area contributed by atoms with Gasteiger partial charge in [-0.3, -0.25) is 0 Å². The van der Waals surface area contributed by atoms with E-state index >= 15 is 0 Å². The SMILES string of the molecule is CC1CCCCC1Cn1nnnc1CNC1CC1. The van der Waals surface area contributed by atoms with Gasteiger partial charge in [0.1, 0.15) is 0 Å². The van der Waals surface area contributed by atoms with Crippen LogP contribution in [0.5, 0.6) is 0 Å². The summed E-state index contributed by atoms with van der Waals surface area (Å²) >= 11 is 0. The summed E-state index contributed by atoms with van der Waals surface area (Å²) in [5, 5.41) is 15.6. The third-order valence-electron chi connectivity index (χ3n) is 4.43. The Morgan fingerprint density at radius 1 is 1.22 bits per heavy atom. The second-order valence-electron chi connectivity index (χ2n) is 5.95. The number of hydrogen-bond donors (Lipinski definition) is 1. The van der Waals surface area contributed by atoms with Gasteiger partial charge in [0.05, 0.1) is 6.54 Å². The first kappa shape index (κ1) is 12.1. The number of hydrogen-bond acceptors (Lipinski definition) is 4. The molecule has 2 unspecified atom stereocenters. The van der Waals surface area contributed by atoms with E-state index in [4.69, 9.17) is 0 Å². The molecule has 0 amide bonds. The zero-order valence-corrected chi connectivity index (χ0v) is 11.2. The molecule has 0 spiro atoms. The Morgan fingerprint density at radius 3 is 2.83 bits per heavy atom. The average Bonchev–Trinajstić information content (AvgIpc) is 3.10. The maximum Gasteiger partial charge on any atom is 0.165 e. The van der Waals surface area contributed by atoms with E-state index in [0.717, 1.165) is 30.7 Å². The molecule has 1 aromatic heterocycles. The highest BCUT2D eigenvalue weighted by atomic mass is 15.5. The van der Waals surface area contributed by atoms with Crippen molar-refractivity contribution in [2.24, 2.45) is 11.8 Å². The molecule has 3 rings (SSSR count). The van der Waals surface area contributed by atoms with Crippen molar-refractivity contribution >= 4 is 0 Å². The zero-order chi connectivity index (χ0) is 12.4. The molecule has 0 aliphatic heterocycles. The Labute approximate surface area is 108 Å². The molecule has 1 N–H and O–H groups in total. The van der Waals surface area contributed by atoms with E-state index in [1.807, 2.05) is 4.68 Å². The van der Waals surface area contributed by atoms with Crippen LogP contribution in [0.3, 0.4) is 0 Å². The lowest BCUT2D eigenvalue weighted by Gasteiger charge is -2.28. The van der Waals surface area contributed by atoms with Crippen molar-refractivity contribution in [3.63, 3.8) is 0 Å². The van der Waals surface area contributed by atoms with Crippen LogP contribution in [0, 0.1) is 11.8 Å². The largest absolute Gasteiger partial charge is 0.307 e. The highest BCUT2D eigenvalue weighted by Gasteiger charge is 2.24. The van der Waals surface area contributed by atoms with Gasteiger partial charge in [0.2, 0.25) is 0 Å². The first-order chi connectivity index (χ1) is 8.83. The van der Waals surface area contributed by atoms with Crippen molar-refractivity contribution in [3.05, 3.63) is 5.82 Å². The molecule has 0 bridgehead atoms. The maximum absolute atomic E-state index is 4.16. The van der Waals surface area contributed by atoms with Crippen molar-refractivity contribution in [2.45, 2.75) is 64.6 Å². The number of rotatable bonds is 5. The van der Waals surface area contributed by atoms with Gasteiger partial charge in [-0.2, -0.15) is 0 Å². The van der Waals surface area contributed by atoms with Crippen LogP contribution in [0.25, 0.3) is 0 Å². The summed E-state index contributed by atoms with van der Waals surface area (Å²) in [4.78, 5) is 0. The van der Waals surface area contributed by atoms with E-state index in [1.54, 1.807) is 0 Å². The smallest absolute Gasteiger partial charge is 0.165 e. The van der Waals surface area contributed by atoms with Crippen LogP contribution in [-0.4, -0.2) is 26.2 Å². The van der Waals surface area contributed by atoms with Crippen molar-refractivity contribution in [2.75, 3.05) is 0 Å². The van der Waals surface area contributed by atoms with E-state index in [1.165, 1.54) is 38.5 Å². The predicted octanol–water partition coefficient (Wildman–Crippen LogP) is 1.75. The molecule has 100 valence electrons. The minimum absolute atomic E-state index is 0.712. The van der Waals surface area contributed by atoms with Crippen LogP contribution in [0.1, 0.15) is 51.3 Å². The Hall–Kier alpha value is -0.970. The van der Waals surface area contributed by atoms with Crippen molar-refractivity contribution in [1.82, 2.24) is 25.5 Å². The van der Waals surface area contributed by atoms with Crippen LogP contribution in [0.2, 0.25) is 0 Å². The molecule has 1 aromatic rings. The van der Waals surface area contributed by atoms with Gasteiger partial charge in [-0.1, -0.05) is 26.2 Å². The number of tetrazole rings is 1. The summed E-state index contributed by atoms with van der Waals surface area (Å²) in [5.41, 5.74) is 0. The summed E-state index contributed by atoms with van der Waals surface area (Å²) in [6, 6.07) is 0.712. The van der Waals surface area contributed by atoms with Crippen molar-refractivity contribution in [3.8, 4) is 0 Å². The Morgan fingerprint density at radius 2 is 2.06 bits per heavy atom. The zero-order valence-electron chi connectivity index (χ0n) is 11.2. The molecule has 2 aliphatic carbocycles. The molecule has 5 heteroatoms. The van der Waals surface area contributed by atoms with Gasteiger partial charge in [0.25, 0.3) is 0 Å². The Kier molecular flexibility index (Phi) is 3.59. The first-order valence-corrected chi connectivity index (χ1v) is 7.31. The molecular formula is C13H23N5. The molecule has 2 saturated carbocycles. The van der Waals surface area contributed by atoms with E-state index < -0.39 is 0 Å². The molecule has 2 atom stereocenters. The van der Waals surface area contributed by atoms with E-state index in [-0.39, 0.29) is 0 Å². The van der Waals surface area contributed by atoms with Crippen LogP contribution < -0.4 is 5.32 Å². The number of nitrogens with zero attached hydrogens (tertiary/aromatic N) is 4. The van der Waals surface area contributed by atoms with Gasteiger partial charge < -0.3 is 5.32 Å². The topological polar surface area (TPSA) is 55.6 Å². The molecule has 0 radical (unpaired) electrons. The number of nitrogens with one attached hydrogen (secondary N) is 1. The van der Waals surface area contributed by atoms with Crippen molar-refractivity contribution < 1.29 is 0 Å². The monoisotopic (exact) mass is 249 g/mol. The van der Waals surface area contributed by atoms with Gasteiger partial charge in [-0.05, 0) is 41.5 Å². The second-order valence-corrected chi connectivity index (χ2v) is 5.95. The average molecular weight is 249 g/mol. The summed E-state index contributed by atoms with van der Waals surface area (Å²) < 4.78 is 2.02.